The van der Waals surface area contributed by atoms with Crippen LogP contribution in [0.4, 0.5) is 10.1 Å². The van der Waals surface area contributed by atoms with Crippen molar-refractivity contribution in [1.29, 1.82) is 0 Å². The Bertz CT molecular complexity index is 1220. The molecule has 1 aliphatic rings. The molecule has 4 aromatic rings. The Kier molecular flexibility index (Phi) is 5.72. The van der Waals surface area contributed by atoms with Crippen LogP contribution in [0.15, 0.2) is 65.2 Å². The summed E-state index contributed by atoms with van der Waals surface area (Å²) in [5, 5.41) is 16.5. The van der Waals surface area contributed by atoms with E-state index < -0.39 is 0 Å². The average Bonchev–Trinajstić information content (AvgIpc) is 3.21. The van der Waals surface area contributed by atoms with Crippen LogP contribution in [0.1, 0.15) is 16.8 Å². The molecule has 7 heteroatoms. The Morgan fingerprint density at radius 2 is 1.66 bits per heavy atom. The van der Waals surface area contributed by atoms with E-state index in [-0.39, 0.29) is 11.6 Å². The largest absolute Gasteiger partial charge is 0.507 e. The molecular weight excluding hydrogens is 429 g/mol. The van der Waals surface area contributed by atoms with Gasteiger partial charge >= 0.3 is 0 Å². The number of benzene rings is 3. The van der Waals surface area contributed by atoms with Gasteiger partial charge in [-0.05, 0) is 54.1 Å². The maximum absolute atomic E-state index is 13.2. The zero-order valence-corrected chi connectivity index (χ0v) is 18.2. The van der Waals surface area contributed by atoms with Crippen molar-refractivity contribution in [3.05, 3.63) is 88.3 Å². The zero-order chi connectivity index (χ0) is 22.1. The molecule has 0 radical (unpaired) electrons. The molecule has 0 unspecified atom stereocenters. The van der Waals surface area contributed by atoms with Crippen molar-refractivity contribution >= 4 is 28.3 Å². The van der Waals surface area contributed by atoms with E-state index in [4.69, 9.17) is 16.1 Å². The molecule has 0 atom stereocenters. The minimum atomic E-state index is -0.224. The fourth-order valence-electron chi connectivity index (χ4n) is 4.21. The average molecular weight is 452 g/mol. The Morgan fingerprint density at radius 1 is 0.938 bits per heavy atom. The lowest BCUT2D eigenvalue weighted by molar-refractivity contribution is 0.246. The lowest BCUT2D eigenvalue weighted by Gasteiger charge is -2.36. The van der Waals surface area contributed by atoms with E-state index in [9.17, 15) is 9.50 Å². The van der Waals surface area contributed by atoms with Crippen molar-refractivity contribution in [3.63, 3.8) is 0 Å². The molecular formula is C25H23ClFN3O2. The second-order valence-electron chi connectivity index (χ2n) is 8.11. The molecule has 0 saturated carbocycles. The van der Waals surface area contributed by atoms with Gasteiger partial charge in [-0.1, -0.05) is 28.9 Å². The number of nitrogens with zero attached hydrogens (tertiary/aromatic N) is 3. The maximum atomic E-state index is 13.2. The predicted molar refractivity (Wildman–Crippen MR) is 124 cm³/mol. The number of rotatable bonds is 5. The fourth-order valence-corrected chi connectivity index (χ4v) is 4.34. The molecule has 1 fully saturated rings. The molecule has 1 N–H and O–H groups in total. The molecule has 1 aliphatic heterocycles. The molecule has 3 aromatic carbocycles. The summed E-state index contributed by atoms with van der Waals surface area (Å²) in [6.45, 7) is 3.91. The molecule has 1 aromatic heterocycles. The van der Waals surface area contributed by atoms with E-state index in [1.807, 2.05) is 42.5 Å². The van der Waals surface area contributed by atoms with Crippen molar-refractivity contribution in [2.45, 2.75) is 13.0 Å². The Morgan fingerprint density at radius 3 is 2.38 bits per heavy atom. The first-order valence-corrected chi connectivity index (χ1v) is 11.0. The number of anilines is 1. The Balaban J connectivity index is 1.31. The van der Waals surface area contributed by atoms with Crippen LogP contribution >= 0.6 is 11.6 Å². The third kappa shape index (κ3) is 4.29. The molecule has 164 valence electrons. The topological polar surface area (TPSA) is 52.7 Å². The van der Waals surface area contributed by atoms with Crippen molar-refractivity contribution in [1.82, 2.24) is 10.1 Å². The summed E-state index contributed by atoms with van der Waals surface area (Å²) in [5.74, 6) is -0.00824. The highest BCUT2D eigenvalue weighted by Gasteiger charge is 2.22. The van der Waals surface area contributed by atoms with Gasteiger partial charge in [0, 0.05) is 55.2 Å². The molecule has 0 spiro atoms. The molecule has 0 amide bonds. The van der Waals surface area contributed by atoms with E-state index in [0.717, 1.165) is 54.1 Å². The first-order chi connectivity index (χ1) is 15.6. The van der Waals surface area contributed by atoms with E-state index in [2.05, 4.69) is 15.0 Å². The summed E-state index contributed by atoms with van der Waals surface area (Å²) in [7, 11) is 0. The van der Waals surface area contributed by atoms with E-state index in [0.29, 0.717) is 23.6 Å². The van der Waals surface area contributed by atoms with Crippen molar-refractivity contribution in [3.8, 4) is 5.75 Å². The van der Waals surface area contributed by atoms with E-state index in [1.54, 1.807) is 6.07 Å². The normalized spacial score (nSPS) is 14.9. The number of fused-ring (bicyclic) bond motifs is 1. The molecule has 0 bridgehead atoms. The van der Waals surface area contributed by atoms with Gasteiger partial charge in [0.1, 0.15) is 11.6 Å². The maximum Gasteiger partial charge on any atom is 0.175 e. The molecule has 5 nitrogen and oxygen atoms in total. The highest BCUT2D eigenvalue weighted by Crippen LogP contribution is 2.32. The standard InChI is InChI=1S/C25H23ClFN3O2/c26-18-3-1-17(2-4-18)15-23-21-9-10-24(31)22(25(21)32-28-23)16-29-11-13-30(14-12-29)20-7-5-19(27)6-8-20/h1-10,31H,11-16H2. The number of hydrogen-bond donors (Lipinski definition) is 1. The SMILES string of the molecule is Oc1ccc2c(Cc3ccc(Cl)cc3)noc2c1CN1CCN(c2ccc(F)cc2)CC1. The van der Waals surface area contributed by atoms with Crippen LogP contribution in [0, 0.1) is 5.82 Å². The number of phenols is 1. The third-order valence-corrected chi connectivity index (χ3v) is 6.28. The van der Waals surface area contributed by atoms with Gasteiger partial charge < -0.3 is 14.5 Å². The number of hydrogen-bond acceptors (Lipinski definition) is 5. The zero-order valence-electron chi connectivity index (χ0n) is 17.5. The van der Waals surface area contributed by atoms with Crippen LogP contribution in [0.2, 0.25) is 5.02 Å². The molecule has 2 heterocycles. The summed E-state index contributed by atoms with van der Waals surface area (Å²) < 4.78 is 18.9. The van der Waals surface area contributed by atoms with Gasteiger partial charge in [0.2, 0.25) is 0 Å². The van der Waals surface area contributed by atoms with Gasteiger partial charge in [-0.2, -0.15) is 0 Å². The minimum absolute atomic E-state index is 0.215. The first kappa shape index (κ1) is 20.8. The van der Waals surface area contributed by atoms with Gasteiger partial charge in [-0.15, -0.1) is 0 Å². The molecule has 0 aliphatic carbocycles. The number of aromatic hydroxyl groups is 1. The van der Waals surface area contributed by atoms with Crippen molar-refractivity contribution in [2.75, 3.05) is 31.1 Å². The van der Waals surface area contributed by atoms with Crippen LogP contribution in [0.25, 0.3) is 11.0 Å². The second-order valence-corrected chi connectivity index (χ2v) is 8.55. The lowest BCUT2D eigenvalue weighted by Crippen LogP contribution is -2.46. The van der Waals surface area contributed by atoms with Crippen molar-refractivity contribution < 1.29 is 14.0 Å². The number of phenolic OH excluding ortho intramolecular Hbond substituents is 1. The summed E-state index contributed by atoms with van der Waals surface area (Å²) >= 11 is 5.98. The van der Waals surface area contributed by atoms with Gasteiger partial charge in [-0.3, -0.25) is 4.90 Å². The van der Waals surface area contributed by atoms with Gasteiger partial charge in [0.05, 0.1) is 11.3 Å². The Hall–Kier alpha value is -3.09. The van der Waals surface area contributed by atoms with Gasteiger partial charge in [-0.25, -0.2) is 4.39 Å². The molecule has 5 rings (SSSR count). The lowest BCUT2D eigenvalue weighted by atomic mass is 10.0. The van der Waals surface area contributed by atoms with Crippen LogP contribution in [-0.4, -0.2) is 41.3 Å². The van der Waals surface area contributed by atoms with Crippen LogP contribution in [-0.2, 0) is 13.0 Å². The summed E-state index contributed by atoms with van der Waals surface area (Å²) in [6, 6.07) is 17.9. The summed E-state index contributed by atoms with van der Waals surface area (Å²) in [4.78, 5) is 4.53. The minimum Gasteiger partial charge on any atom is -0.507 e. The van der Waals surface area contributed by atoms with Crippen LogP contribution < -0.4 is 4.90 Å². The van der Waals surface area contributed by atoms with E-state index in [1.165, 1.54) is 12.1 Å². The van der Waals surface area contributed by atoms with E-state index >= 15 is 0 Å². The quantitative estimate of drug-likeness (QED) is 0.449. The number of halogens is 2. The van der Waals surface area contributed by atoms with Crippen molar-refractivity contribution in [2.24, 2.45) is 0 Å². The monoisotopic (exact) mass is 451 g/mol. The highest BCUT2D eigenvalue weighted by molar-refractivity contribution is 6.30. The number of aromatic nitrogens is 1. The van der Waals surface area contributed by atoms with Gasteiger partial charge in [0.15, 0.2) is 5.58 Å². The first-order valence-electron chi connectivity index (χ1n) is 10.6. The fraction of sp³-hybridized carbons (Fsp3) is 0.240. The second kappa shape index (κ2) is 8.81. The summed E-state index contributed by atoms with van der Waals surface area (Å²) in [6.07, 6.45) is 0.630. The van der Waals surface area contributed by atoms with Crippen LogP contribution in [0.3, 0.4) is 0 Å². The summed E-state index contributed by atoms with van der Waals surface area (Å²) in [5.41, 5.74) is 4.35. The van der Waals surface area contributed by atoms with Crippen LogP contribution in [0.5, 0.6) is 5.75 Å². The third-order valence-electron chi connectivity index (χ3n) is 6.02. The highest BCUT2D eigenvalue weighted by atomic mass is 35.5. The Labute approximate surface area is 190 Å². The molecule has 1 saturated heterocycles. The predicted octanol–water partition coefficient (Wildman–Crippen LogP) is 5.24. The number of piperazine rings is 1. The molecule has 32 heavy (non-hydrogen) atoms. The smallest absolute Gasteiger partial charge is 0.175 e. The van der Waals surface area contributed by atoms with Gasteiger partial charge in [0.25, 0.3) is 0 Å².